The van der Waals surface area contributed by atoms with Crippen LogP contribution in [-0.4, -0.2) is 94.9 Å². The van der Waals surface area contributed by atoms with Crippen molar-refractivity contribution in [3.05, 3.63) is 0 Å². The Morgan fingerprint density at radius 3 is 2.19 bits per heavy atom. The first-order valence-corrected chi connectivity index (χ1v) is 13.6. The van der Waals surface area contributed by atoms with Gasteiger partial charge < -0.3 is 25.3 Å². The van der Waals surface area contributed by atoms with Crippen molar-refractivity contribution in [1.82, 2.24) is 9.96 Å². The van der Waals surface area contributed by atoms with E-state index in [0.29, 0.717) is 35.7 Å². The molecule has 0 amide bonds. The van der Waals surface area contributed by atoms with E-state index in [2.05, 4.69) is 39.9 Å². The summed E-state index contributed by atoms with van der Waals surface area (Å²) in [6, 6.07) is 0. The number of hydroxylamine groups is 2. The molecule has 9 heteroatoms. The van der Waals surface area contributed by atoms with Gasteiger partial charge in [-0.3, -0.25) is 4.84 Å². The second-order valence-corrected chi connectivity index (χ2v) is 12.6. The molecule has 0 aromatic rings. The van der Waals surface area contributed by atoms with Gasteiger partial charge >= 0.3 is 11.9 Å². The maximum atomic E-state index is 12.2. The van der Waals surface area contributed by atoms with E-state index in [-0.39, 0.29) is 11.5 Å². The van der Waals surface area contributed by atoms with Crippen LogP contribution in [0.3, 0.4) is 0 Å². The van der Waals surface area contributed by atoms with Crippen molar-refractivity contribution >= 4 is 11.9 Å². The molecule has 4 N–H and O–H groups in total. The smallest absolute Gasteiger partial charge is 0.414 e. The van der Waals surface area contributed by atoms with Crippen molar-refractivity contribution in [1.29, 1.82) is 0 Å². The Hall–Kier alpha value is -1.26. The van der Waals surface area contributed by atoms with E-state index in [0.717, 1.165) is 58.0 Å². The number of carboxylic acid groups (broad SMARTS) is 2. The molecule has 4 saturated carbocycles. The monoisotopic (exact) mass is 512 g/mol. The zero-order valence-corrected chi connectivity index (χ0v) is 22.8. The Morgan fingerprint density at radius 1 is 0.917 bits per heavy atom. The molecule has 4 aliphatic carbocycles. The van der Waals surface area contributed by atoms with Crippen LogP contribution in [0.5, 0.6) is 0 Å². The van der Waals surface area contributed by atoms with Crippen molar-refractivity contribution in [2.45, 2.75) is 83.3 Å². The summed E-state index contributed by atoms with van der Waals surface area (Å²) in [5, 5.41) is 39.3. The number of rotatable bonds is 6. The van der Waals surface area contributed by atoms with Gasteiger partial charge in [-0.2, -0.15) is 5.06 Å². The topological polar surface area (TPSA) is 131 Å². The molecule has 0 heterocycles. The van der Waals surface area contributed by atoms with E-state index < -0.39 is 17.5 Å². The average Bonchev–Trinajstić information content (AvgIpc) is 3.05. The SMILES string of the molecule is CN(C)CCON(C)C[C@H]1CC[C@]2(O)[C@@H]3CC[C@@H]4C[C@@H](O)CC[C@]4(C)[C@H]3CC[C@]12C.O=C(O)C(=O)O. The lowest BCUT2D eigenvalue weighted by Gasteiger charge is -2.63. The first-order chi connectivity index (χ1) is 16.7. The maximum absolute atomic E-state index is 12.2. The minimum Gasteiger partial charge on any atom is -0.473 e. The van der Waals surface area contributed by atoms with Gasteiger partial charge in [0.25, 0.3) is 0 Å². The summed E-state index contributed by atoms with van der Waals surface area (Å²) in [6.45, 7) is 7.43. The van der Waals surface area contributed by atoms with Gasteiger partial charge in [0.15, 0.2) is 0 Å². The van der Waals surface area contributed by atoms with E-state index in [1.807, 2.05) is 5.06 Å². The molecule has 8 atom stereocenters. The summed E-state index contributed by atoms with van der Waals surface area (Å²) in [5.41, 5.74) is -0.233. The highest BCUT2D eigenvalue weighted by molar-refractivity contribution is 6.27. The zero-order chi connectivity index (χ0) is 26.9. The molecule has 4 aliphatic rings. The Morgan fingerprint density at radius 2 is 1.58 bits per heavy atom. The third kappa shape index (κ3) is 5.60. The normalized spacial score (nSPS) is 41.6. The molecule has 4 rings (SSSR count). The van der Waals surface area contributed by atoms with Crippen molar-refractivity contribution in [2.24, 2.45) is 34.5 Å². The fraction of sp³-hybridized carbons (Fsp3) is 0.926. The third-order valence-corrected chi connectivity index (χ3v) is 10.5. The predicted octanol–water partition coefficient (Wildman–Crippen LogP) is 2.70. The molecular formula is C27H48N2O7. The molecule has 0 aromatic carbocycles. The van der Waals surface area contributed by atoms with Crippen LogP contribution in [0.1, 0.15) is 71.6 Å². The number of likely N-dealkylation sites (N-methyl/N-ethyl adjacent to an activating group) is 1. The minimum absolute atomic E-state index is 0.00921. The fourth-order valence-electron chi connectivity index (χ4n) is 8.35. The number of fused-ring (bicyclic) bond motifs is 5. The van der Waals surface area contributed by atoms with Crippen LogP contribution < -0.4 is 0 Å². The summed E-state index contributed by atoms with van der Waals surface area (Å²) in [7, 11) is 6.20. The number of hydrogen-bond donors (Lipinski definition) is 4. The van der Waals surface area contributed by atoms with Gasteiger partial charge in [0.2, 0.25) is 0 Å². The lowest BCUT2D eigenvalue weighted by atomic mass is 9.43. The summed E-state index contributed by atoms with van der Waals surface area (Å²) < 4.78 is 0. The van der Waals surface area contributed by atoms with Crippen LogP contribution in [0.15, 0.2) is 0 Å². The second kappa shape index (κ2) is 11.2. The van der Waals surface area contributed by atoms with Crippen molar-refractivity contribution in [2.75, 3.05) is 40.8 Å². The highest BCUT2D eigenvalue weighted by Gasteiger charge is 2.67. The average molecular weight is 513 g/mol. The Bertz CT molecular complexity index is 782. The number of hydrogen-bond acceptors (Lipinski definition) is 7. The highest BCUT2D eigenvalue weighted by atomic mass is 16.7. The molecular weight excluding hydrogens is 464 g/mol. The standard InChI is InChI=1S/C25H46N2O3.C2H2O4/c1-23-11-9-20(28)16-18(23)6-7-22-21(23)10-12-24(2)19(8-13-25(22,24)29)17-27(5)30-15-14-26(3)4;3-1(4)2(5)6/h18-22,28-29H,6-17H2,1-5H3;(H,3,4)(H,5,6)/t18-,19-,20+,21+,22-,23+,24-,25+;/m1./s1. The molecule has 9 nitrogen and oxygen atoms in total. The number of carbonyl (C=O) groups is 2. The van der Waals surface area contributed by atoms with Gasteiger partial charge in [-0.1, -0.05) is 13.8 Å². The van der Waals surface area contributed by atoms with E-state index in [1.165, 1.54) is 12.8 Å². The summed E-state index contributed by atoms with van der Waals surface area (Å²) in [4.78, 5) is 26.3. The second-order valence-electron chi connectivity index (χ2n) is 12.6. The number of carboxylic acids is 2. The van der Waals surface area contributed by atoms with E-state index in [1.54, 1.807) is 0 Å². The van der Waals surface area contributed by atoms with Crippen LogP contribution in [-0.2, 0) is 14.4 Å². The first kappa shape index (κ1) is 29.3. The molecule has 0 saturated heterocycles. The predicted molar refractivity (Wildman–Crippen MR) is 135 cm³/mol. The lowest BCUT2D eigenvalue weighted by molar-refractivity contribution is -0.218. The minimum atomic E-state index is -1.82. The Labute approximate surface area is 215 Å². The Balaban J connectivity index is 0.000000538. The Kier molecular flexibility index (Phi) is 9.14. The van der Waals surface area contributed by atoms with Gasteiger partial charge in [-0.05, 0) is 101 Å². The van der Waals surface area contributed by atoms with Crippen LogP contribution in [0, 0.1) is 34.5 Å². The number of aliphatic hydroxyl groups excluding tert-OH is 1. The van der Waals surface area contributed by atoms with Crippen molar-refractivity contribution < 1.29 is 34.9 Å². The molecule has 36 heavy (non-hydrogen) atoms. The highest BCUT2D eigenvalue weighted by Crippen LogP contribution is 2.69. The van der Waals surface area contributed by atoms with E-state index in [4.69, 9.17) is 24.6 Å². The van der Waals surface area contributed by atoms with Crippen molar-refractivity contribution in [3.63, 3.8) is 0 Å². The lowest BCUT2D eigenvalue weighted by Crippen LogP contribution is -2.62. The zero-order valence-electron chi connectivity index (χ0n) is 22.8. The first-order valence-electron chi connectivity index (χ1n) is 13.6. The van der Waals surface area contributed by atoms with Crippen molar-refractivity contribution in [3.8, 4) is 0 Å². The van der Waals surface area contributed by atoms with Crippen LogP contribution in [0.25, 0.3) is 0 Å². The van der Waals surface area contributed by atoms with Crippen LogP contribution in [0.2, 0.25) is 0 Å². The van der Waals surface area contributed by atoms with Gasteiger partial charge in [0.1, 0.15) is 0 Å². The number of nitrogens with zero attached hydrogens (tertiary/aromatic N) is 2. The van der Waals surface area contributed by atoms with Crippen LogP contribution >= 0.6 is 0 Å². The number of aliphatic hydroxyl groups is 2. The van der Waals surface area contributed by atoms with Crippen LogP contribution in [0.4, 0.5) is 0 Å². The molecule has 0 radical (unpaired) electrons. The molecule has 4 fully saturated rings. The largest absolute Gasteiger partial charge is 0.473 e. The molecule has 0 spiro atoms. The molecule has 0 bridgehead atoms. The summed E-state index contributed by atoms with van der Waals surface area (Å²) in [5.74, 6) is -1.47. The summed E-state index contributed by atoms with van der Waals surface area (Å²) in [6.07, 6.45) is 9.73. The van der Waals surface area contributed by atoms with E-state index >= 15 is 0 Å². The van der Waals surface area contributed by atoms with Gasteiger partial charge in [0, 0.05) is 25.6 Å². The molecule has 0 unspecified atom stereocenters. The van der Waals surface area contributed by atoms with Gasteiger partial charge in [0.05, 0.1) is 18.3 Å². The molecule has 0 aromatic heterocycles. The quantitative estimate of drug-likeness (QED) is 0.313. The van der Waals surface area contributed by atoms with Gasteiger partial charge in [-0.15, -0.1) is 0 Å². The molecule has 0 aliphatic heterocycles. The maximum Gasteiger partial charge on any atom is 0.414 e. The van der Waals surface area contributed by atoms with E-state index in [9.17, 15) is 10.2 Å². The molecule has 208 valence electrons. The third-order valence-electron chi connectivity index (χ3n) is 10.5. The van der Waals surface area contributed by atoms with Gasteiger partial charge in [-0.25, -0.2) is 9.59 Å². The number of aliphatic carboxylic acids is 2. The summed E-state index contributed by atoms with van der Waals surface area (Å²) >= 11 is 0. The fourth-order valence-corrected chi connectivity index (χ4v) is 8.35.